The van der Waals surface area contributed by atoms with Gasteiger partial charge in [-0.3, -0.25) is 14.9 Å². The molecule has 0 radical (unpaired) electrons. The molecule has 1 unspecified atom stereocenters. The molecule has 8 nitrogen and oxygen atoms in total. The number of carbonyl (C=O) groups is 1. The first-order valence-corrected chi connectivity index (χ1v) is 9.24. The quantitative estimate of drug-likeness (QED) is 0.796. The zero-order chi connectivity index (χ0) is 21.6. The number of carboxylic acids is 1. The molecule has 162 valence electrons. The Balaban J connectivity index is 0.000000318. The van der Waals surface area contributed by atoms with Crippen molar-refractivity contribution in [2.45, 2.75) is 37.3 Å². The second-order valence-electron chi connectivity index (χ2n) is 7.12. The fraction of sp³-hybridized carbons (Fsp3) is 0.474. The summed E-state index contributed by atoms with van der Waals surface area (Å²) in [6, 6.07) is 4.09. The number of hydrogen-bond donors (Lipinski definition) is 1. The third kappa shape index (κ3) is 6.10. The molecule has 0 bridgehead atoms. The van der Waals surface area contributed by atoms with Gasteiger partial charge in [-0.1, -0.05) is 6.07 Å². The third-order valence-electron chi connectivity index (χ3n) is 4.67. The van der Waals surface area contributed by atoms with E-state index in [0.29, 0.717) is 5.88 Å². The molecule has 1 atom stereocenters. The van der Waals surface area contributed by atoms with Crippen LogP contribution in [0.4, 0.5) is 13.2 Å². The summed E-state index contributed by atoms with van der Waals surface area (Å²) in [5.41, 5.74) is 1.18. The summed E-state index contributed by atoms with van der Waals surface area (Å²) in [6.45, 7) is 3.56. The van der Waals surface area contributed by atoms with Crippen molar-refractivity contribution in [2.75, 3.05) is 19.7 Å². The van der Waals surface area contributed by atoms with Crippen molar-refractivity contribution >= 4 is 5.97 Å². The number of aliphatic carboxylic acids is 1. The van der Waals surface area contributed by atoms with Gasteiger partial charge in [0.1, 0.15) is 6.10 Å². The first kappa shape index (κ1) is 21.9. The zero-order valence-corrected chi connectivity index (χ0v) is 16.0. The molecule has 2 aromatic heterocycles. The minimum atomic E-state index is -5.08. The molecule has 0 amide bonds. The molecule has 2 fully saturated rings. The van der Waals surface area contributed by atoms with E-state index in [9.17, 15) is 13.2 Å². The Morgan fingerprint density at radius 3 is 2.60 bits per heavy atom. The van der Waals surface area contributed by atoms with E-state index in [2.05, 4.69) is 25.9 Å². The number of carboxylic acid groups (broad SMARTS) is 1. The maximum atomic E-state index is 10.6. The van der Waals surface area contributed by atoms with Gasteiger partial charge in [-0.2, -0.15) is 13.2 Å². The van der Waals surface area contributed by atoms with Crippen LogP contribution in [0, 0.1) is 0 Å². The number of alkyl halides is 3. The second-order valence-corrected chi connectivity index (χ2v) is 7.12. The van der Waals surface area contributed by atoms with Gasteiger partial charge in [0, 0.05) is 57.3 Å². The molecule has 0 aromatic carbocycles. The lowest BCUT2D eigenvalue weighted by molar-refractivity contribution is -0.192. The van der Waals surface area contributed by atoms with Crippen LogP contribution in [0.3, 0.4) is 0 Å². The Morgan fingerprint density at radius 1 is 1.27 bits per heavy atom. The molecule has 2 saturated heterocycles. The summed E-state index contributed by atoms with van der Waals surface area (Å²) in [6.07, 6.45) is 5.59. The van der Waals surface area contributed by atoms with Gasteiger partial charge in [0.15, 0.2) is 0 Å². The number of nitrogens with zero attached hydrogens (tertiary/aromatic N) is 4. The number of aromatic nitrogens is 3. The van der Waals surface area contributed by atoms with Gasteiger partial charge in [-0.25, -0.2) is 9.78 Å². The van der Waals surface area contributed by atoms with Crippen molar-refractivity contribution in [1.29, 1.82) is 0 Å². The normalized spacial score (nSPS) is 20.6. The first-order valence-electron chi connectivity index (χ1n) is 9.24. The predicted molar refractivity (Wildman–Crippen MR) is 97.6 cm³/mol. The van der Waals surface area contributed by atoms with E-state index in [-0.39, 0.29) is 11.7 Å². The fourth-order valence-corrected chi connectivity index (χ4v) is 3.45. The van der Waals surface area contributed by atoms with E-state index in [0.717, 1.165) is 39.1 Å². The Bertz CT molecular complexity index is 818. The zero-order valence-electron chi connectivity index (χ0n) is 16.0. The molecule has 4 rings (SSSR count). The number of likely N-dealkylation sites (tertiary alicyclic amines) is 1. The highest BCUT2D eigenvalue weighted by molar-refractivity contribution is 5.73. The van der Waals surface area contributed by atoms with Crippen LogP contribution < -0.4 is 4.74 Å². The standard InChI is InChI=1S/C17H20N4O2.C2HF3O2/c1-2-14(9-18-4-1)11-21-12-17(13-21)8-15(3-7-22-17)23-16-10-19-5-6-20-16;3-2(4,5)1(6)7/h1-2,4-6,9-10,15H,3,7-8,11-13H2;(H,6,7). The minimum Gasteiger partial charge on any atom is -0.475 e. The molecule has 2 aromatic rings. The molecule has 2 aliphatic rings. The topological polar surface area (TPSA) is 97.7 Å². The van der Waals surface area contributed by atoms with Gasteiger partial charge in [-0.15, -0.1) is 0 Å². The van der Waals surface area contributed by atoms with Crippen molar-refractivity contribution in [3.8, 4) is 5.88 Å². The molecule has 1 spiro atoms. The fourth-order valence-electron chi connectivity index (χ4n) is 3.45. The number of halogens is 3. The average Bonchev–Trinajstić information content (AvgIpc) is 2.68. The van der Waals surface area contributed by atoms with Crippen LogP contribution >= 0.6 is 0 Å². The van der Waals surface area contributed by atoms with E-state index in [1.54, 1.807) is 24.8 Å². The number of rotatable bonds is 4. The summed E-state index contributed by atoms with van der Waals surface area (Å²) in [4.78, 5) is 23.7. The molecular formula is C19H21F3N4O4. The van der Waals surface area contributed by atoms with Gasteiger partial charge in [0.25, 0.3) is 0 Å². The van der Waals surface area contributed by atoms with Crippen molar-refractivity contribution in [3.05, 3.63) is 48.7 Å². The highest BCUT2D eigenvalue weighted by Gasteiger charge is 2.48. The lowest BCUT2D eigenvalue weighted by Gasteiger charge is -2.53. The number of ether oxygens (including phenoxy) is 2. The number of pyridine rings is 1. The van der Waals surface area contributed by atoms with Crippen LogP contribution in [0.5, 0.6) is 5.88 Å². The summed E-state index contributed by atoms with van der Waals surface area (Å²) < 4.78 is 43.8. The van der Waals surface area contributed by atoms with Gasteiger partial charge in [-0.05, 0) is 11.6 Å². The van der Waals surface area contributed by atoms with E-state index in [1.165, 1.54) is 5.56 Å². The Labute approximate surface area is 170 Å². The molecule has 11 heteroatoms. The molecule has 0 aliphatic carbocycles. The summed E-state index contributed by atoms with van der Waals surface area (Å²) in [7, 11) is 0. The first-order chi connectivity index (χ1) is 14.3. The average molecular weight is 426 g/mol. The van der Waals surface area contributed by atoms with Gasteiger partial charge < -0.3 is 14.6 Å². The molecule has 2 aliphatic heterocycles. The van der Waals surface area contributed by atoms with Gasteiger partial charge in [0.05, 0.1) is 18.4 Å². The van der Waals surface area contributed by atoms with E-state index < -0.39 is 12.1 Å². The number of hydrogen-bond acceptors (Lipinski definition) is 7. The monoisotopic (exact) mass is 426 g/mol. The molecule has 0 saturated carbocycles. The smallest absolute Gasteiger partial charge is 0.475 e. The second kappa shape index (κ2) is 9.35. The summed E-state index contributed by atoms with van der Waals surface area (Å²) in [5, 5.41) is 7.12. The molecule has 4 heterocycles. The maximum Gasteiger partial charge on any atom is 0.490 e. The van der Waals surface area contributed by atoms with Crippen LogP contribution in [0.25, 0.3) is 0 Å². The summed E-state index contributed by atoms with van der Waals surface area (Å²) in [5.74, 6) is -2.16. The predicted octanol–water partition coefficient (Wildman–Crippen LogP) is 2.32. The lowest BCUT2D eigenvalue weighted by atomic mass is 9.84. The Hall–Kier alpha value is -2.79. The largest absolute Gasteiger partial charge is 0.490 e. The Kier molecular flexibility index (Phi) is 6.83. The van der Waals surface area contributed by atoms with Crippen molar-refractivity contribution in [3.63, 3.8) is 0 Å². The maximum absolute atomic E-state index is 10.6. The third-order valence-corrected chi connectivity index (χ3v) is 4.67. The van der Waals surface area contributed by atoms with Crippen molar-refractivity contribution < 1.29 is 32.5 Å². The van der Waals surface area contributed by atoms with E-state index in [4.69, 9.17) is 19.4 Å². The van der Waals surface area contributed by atoms with Crippen LogP contribution in [0.15, 0.2) is 43.1 Å². The molecule has 30 heavy (non-hydrogen) atoms. The molecular weight excluding hydrogens is 405 g/mol. The summed E-state index contributed by atoms with van der Waals surface area (Å²) >= 11 is 0. The van der Waals surface area contributed by atoms with Crippen LogP contribution in [-0.4, -0.2) is 68.5 Å². The van der Waals surface area contributed by atoms with Crippen LogP contribution in [0.1, 0.15) is 18.4 Å². The van der Waals surface area contributed by atoms with Crippen LogP contribution in [0.2, 0.25) is 0 Å². The molecule has 1 N–H and O–H groups in total. The highest BCUT2D eigenvalue weighted by atomic mass is 19.4. The van der Waals surface area contributed by atoms with Crippen molar-refractivity contribution in [2.24, 2.45) is 0 Å². The SMILES string of the molecule is O=C(O)C(F)(F)F.c1cncc(CN2CC3(CC(Oc4cnccn4)CCO3)C2)c1. The van der Waals surface area contributed by atoms with Crippen molar-refractivity contribution in [1.82, 2.24) is 19.9 Å². The van der Waals surface area contributed by atoms with Gasteiger partial charge >= 0.3 is 12.1 Å². The van der Waals surface area contributed by atoms with Crippen LogP contribution in [-0.2, 0) is 16.1 Å². The minimum absolute atomic E-state index is 0.0622. The van der Waals surface area contributed by atoms with E-state index in [1.807, 2.05) is 12.3 Å². The Morgan fingerprint density at radius 2 is 2.00 bits per heavy atom. The van der Waals surface area contributed by atoms with Gasteiger partial charge in [0.2, 0.25) is 5.88 Å². The highest BCUT2D eigenvalue weighted by Crippen LogP contribution is 2.36. The lowest BCUT2D eigenvalue weighted by Crippen LogP contribution is -2.65. The van der Waals surface area contributed by atoms with E-state index >= 15 is 0 Å².